The summed E-state index contributed by atoms with van der Waals surface area (Å²) in [7, 11) is 0. The van der Waals surface area contributed by atoms with Gasteiger partial charge in [0.1, 0.15) is 11.3 Å². The van der Waals surface area contributed by atoms with Crippen LogP contribution in [-0.2, 0) is 6.67 Å². The lowest BCUT2D eigenvalue weighted by Crippen LogP contribution is -1.96. The Hall–Kier alpha value is -1.04. The highest BCUT2D eigenvalue weighted by molar-refractivity contribution is 9.10. The molecule has 1 rings (SSSR count). The highest BCUT2D eigenvalue weighted by Gasteiger charge is 2.14. The maximum absolute atomic E-state index is 12.1. The van der Waals surface area contributed by atoms with E-state index < -0.39 is 11.6 Å². The lowest BCUT2D eigenvalue weighted by molar-refractivity contribution is -0.386. The molecule has 0 amide bonds. The maximum atomic E-state index is 12.1. The molecular formula is C6H4BrFN2O2. The molecule has 0 saturated heterocycles. The van der Waals surface area contributed by atoms with Gasteiger partial charge in [0.25, 0.3) is 5.69 Å². The Morgan fingerprint density at radius 3 is 2.83 bits per heavy atom. The van der Waals surface area contributed by atoms with Crippen LogP contribution in [0.5, 0.6) is 0 Å². The van der Waals surface area contributed by atoms with E-state index in [1.54, 1.807) is 0 Å². The molecule has 0 fully saturated rings. The van der Waals surface area contributed by atoms with Gasteiger partial charge in [0.05, 0.1) is 4.92 Å². The first-order valence-corrected chi connectivity index (χ1v) is 3.80. The molecule has 1 aromatic heterocycles. The lowest BCUT2D eigenvalue weighted by atomic mass is 10.3. The number of hydrogen-bond donors (Lipinski definition) is 0. The third-order valence-corrected chi connectivity index (χ3v) is 1.68. The van der Waals surface area contributed by atoms with Crippen molar-refractivity contribution in [2.75, 3.05) is 0 Å². The average molecular weight is 235 g/mol. The van der Waals surface area contributed by atoms with E-state index in [1.807, 2.05) is 0 Å². The summed E-state index contributed by atoms with van der Waals surface area (Å²) in [6.45, 7) is -0.935. The van der Waals surface area contributed by atoms with Gasteiger partial charge in [0.15, 0.2) is 5.69 Å². The van der Waals surface area contributed by atoms with Crippen molar-refractivity contribution in [3.63, 3.8) is 0 Å². The molecule has 1 aromatic rings. The lowest BCUT2D eigenvalue weighted by Gasteiger charge is -1.96. The molecule has 0 unspecified atom stereocenters. The van der Waals surface area contributed by atoms with Crippen LogP contribution < -0.4 is 0 Å². The second-order valence-corrected chi connectivity index (χ2v) is 2.80. The van der Waals surface area contributed by atoms with Gasteiger partial charge in [-0.3, -0.25) is 10.1 Å². The summed E-state index contributed by atoms with van der Waals surface area (Å²) in [5, 5.41) is 10.3. The first kappa shape index (κ1) is 9.05. The Labute approximate surface area is 75.7 Å². The zero-order valence-electron chi connectivity index (χ0n) is 5.83. The van der Waals surface area contributed by atoms with E-state index in [0.717, 1.165) is 0 Å². The van der Waals surface area contributed by atoms with Crippen molar-refractivity contribution in [2.24, 2.45) is 0 Å². The number of rotatable bonds is 2. The van der Waals surface area contributed by atoms with Crippen molar-refractivity contribution in [3.8, 4) is 0 Å². The number of halogens is 2. The van der Waals surface area contributed by atoms with Crippen LogP contribution in [0.3, 0.4) is 0 Å². The fraction of sp³-hybridized carbons (Fsp3) is 0.167. The third-order valence-electron chi connectivity index (χ3n) is 1.24. The molecule has 0 aliphatic carbocycles. The molecule has 0 radical (unpaired) electrons. The Bertz CT molecular complexity index is 318. The first-order valence-electron chi connectivity index (χ1n) is 3.01. The van der Waals surface area contributed by atoms with E-state index in [0.29, 0.717) is 4.60 Å². The van der Waals surface area contributed by atoms with Crippen molar-refractivity contribution in [3.05, 3.63) is 32.5 Å². The molecule has 6 heteroatoms. The largest absolute Gasteiger partial charge is 0.293 e. The smallest absolute Gasteiger partial charge is 0.258 e. The Kier molecular flexibility index (Phi) is 2.69. The van der Waals surface area contributed by atoms with Gasteiger partial charge in [-0.1, -0.05) is 0 Å². The van der Waals surface area contributed by atoms with Gasteiger partial charge in [-0.15, -0.1) is 0 Å². The van der Waals surface area contributed by atoms with E-state index in [1.165, 1.54) is 12.1 Å². The molecule has 4 nitrogen and oxygen atoms in total. The summed E-state index contributed by atoms with van der Waals surface area (Å²) < 4.78 is 12.5. The number of pyridine rings is 1. The second-order valence-electron chi connectivity index (χ2n) is 1.99. The quantitative estimate of drug-likeness (QED) is 0.448. The minimum absolute atomic E-state index is 0.158. The normalized spacial score (nSPS) is 9.83. The topological polar surface area (TPSA) is 56.0 Å². The van der Waals surface area contributed by atoms with E-state index in [9.17, 15) is 14.5 Å². The highest BCUT2D eigenvalue weighted by Crippen LogP contribution is 2.19. The Morgan fingerprint density at radius 1 is 1.67 bits per heavy atom. The van der Waals surface area contributed by atoms with E-state index >= 15 is 0 Å². The SMILES string of the molecule is O=[N+]([O-])c1ccc(Br)nc1CF. The zero-order valence-corrected chi connectivity index (χ0v) is 7.41. The van der Waals surface area contributed by atoms with Crippen LogP contribution in [0.25, 0.3) is 0 Å². The molecule has 0 N–H and O–H groups in total. The minimum Gasteiger partial charge on any atom is -0.258 e. The summed E-state index contributed by atoms with van der Waals surface area (Å²) >= 11 is 2.99. The van der Waals surface area contributed by atoms with E-state index in [4.69, 9.17) is 0 Å². The summed E-state index contributed by atoms with van der Waals surface area (Å²) in [5.41, 5.74) is -0.449. The summed E-state index contributed by atoms with van der Waals surface area (Å²) in [5.74, 6) is 0. The molecule has 1 heterocycles. The van der Waals surface area contributed by atoms with Gasteiger partial charge in [-0.05, 0) is 22.0 Å². The molecule has 0 spiro atoms. The molecule has 0 aromatic carbocycles. The molecule has 12 heavy (non-hydrogen) atoms. The molecular weight excluding hydrogens is 231 g/mol. The fourth-order valence-corrected chi connectivity index (χ4v) is 1.08. The predicted octanol–water partition coefficient (Wildman–Crippen LogP) is 2.22. The van der Waals surface area contributed by atoms with Crippen LogP contribution in [0.15, 0.2) is 16.7 Å². The van der Waals surface area contributed by atoms with Gasteiger partial charge < -0.3 is 0 Å². The van der Waals surface area contributed by atoms with Gasteiger partial charge >= 0.3 is 0 Å². The first-order chi connectivity index (χ1) is 5.65. The number of aromatic nitrogens is 1. The predicted molar refractivity (Wildman–Crippen MR) is 43.4 cm³/mol. The Balaban J connectivity index is 3.20. The molecule has 0 bridgehead atoms. The number of nitro groups is 1. The van der Waals surface area contributed by atoms with E-state index in [-0.39, 0.29) is 11.4 Å². The van der Waals surface area contributed by atoms with Crippen molar-refractivity contribution < 1.29 is 9.31 Å². The Morgan fingerprint density at radius 2 is 2.33 bits per heavy atom. The van der Waals surface area contributed by atoms with Crippen LogP contribution in [0.4, 0.5) is 10.1 Å². The van der Waals surface area contributed by atoms with Crippen molar-refractivity contribution in [1.82, 2.24) is 4.98 Å². The van der Waals surface area contributed by atoms with Gasteiger partial charge in [0.2, 0.25) is 0 Å². The molecule has 64 valence electrons. The van der Waals surface area contributed by atoms with Crippen LogP contribution in [0, 0.1) is 10.1 Å². The average Bonchev–Trinajstić information content (AvgIpc) is 2.03. The molecule has 0 aliphatic heterocycles. The minimum atomic E-state index is -0.935. The van der Waals surface area contributed by atoms with Crippen LogP contribution >= 0.6 is 15.9 Å². The third kappa shape index (κ3) is 1.76. The highest BCUT2D eigenvalue weighted by atomic mass is 79.9. The van der Waals surface area contributed by atoms with E-state index in [2.05, 4.69) is 20.9 Å². The zero-order chi connectivity index (χ0) is 9.14. The van der Waals surface area contributed by atoms with Crippen LogP contribution in [0.1, 0.15) is 5.69 Å². The molecule has 0 saturated carbocycles. The summed E-state index contributed by atoms with van der Waals surface area (Å²) in [6.07, 6.45) is 0. The summed E-state index contributed by atoms with van der Waals surface area (Å²) in [4.78, 5) is 13.2. The molecule has 0 aliphatic rings. The fourth-order valence-electron chi connectivity index (χ4n) is 0.732. The maximum Gasteiger partial charge on any atom is 0.293 e. The van der Waals surface area contributed by atoms with Gasteiger partial charge in [-0.2, -0.15) is 0 Å². The standard InChI is InChI=1S/C6H4BrFN2O2/c7-6-2-1-5(10(11)12)4(3-8)9-6/h1-2H,3H2. The molecule has 0 atom stereocenters. The second kappa shape index (κ2) is 3.57. The number of alkyl halides is 1. The summed E-state index contributed by atoms with van der Waals surface area (Å²) in [6, 6.07) is 2.61. The van der Waals surface area contributed by atoms with Crippen molar-refractivity contribution in [2.45, 2.75) is 6.67 Å². The number of hydrogen-bond acceptors (Lipinski definition) is 3. The number of nitrogens with zero attached hydrogens (tertiary/aromatic N) is 2. The van der Waals surface area contributed by atoms with Gasteiger partial charge in [-0.25, -0.2) is 9.37 Å². The van der Waals surface area contributed by atoms with Crippen molar-refractivity contribution >= 4 is 21.6 Å². The monoisotopic (exact) mass is 234 g/mol. The van der Waals surface area contributed by atoms with Gasteiger partial charge in [0, 0.05) is 6.07 Å². The van der Waals surface area contributed by atoms with Crippen LogP contribution in [-0.4, -0.2) is 9.91 Å². The van der Waals surface area contributed by atoms with Crippen LogP contribution in [0.2, 0.25) is 0 Å². The van der Waals surface area contributed by atoms with Crippen molar-refractivity contribution in [1.29, 1.82) is 0 Å².